The average Bonchev–Trinajstić information content (AvgIpc) is 2.36. The van der Waals surface area contributed by atoms with E-state index in [1.807, 2.05) is 6.07 Å². The Morgan fingerprint density at radius 1 is 1.06 bits per heavy atom. The molecule has 0 aromatic heterocycles. The highest BCUT2D eigenvalue weighted by Crippen LogP contribution is 2.38. The van der Waals surface area contributed by atoms with Gasteiger partial charge in [-0.3, -0.25) is 0 Å². The number of aromatic hydroxyl groups is 2. The van der Waals surface area contributed by atoms with E-state index in [0.29, 0.717) is 0 Å². The van der Waals surface area contributed by atoms with Crippen molar-refractivity contribution in [3.63, 3.8) is 0 Å². The van der Waals surface area contributed by atoms with Gasteiger partial charge in [0.15, 0.2) is 11.5 Å². The average molecular weight is 315 g/mol. The van der Waals surface area contributed by atoms with Gasteiger partial charge in [0, 0.05) is 10.4 Å². The van der Waals surface area contributed by atoms with Gasteiger partial charge in [-0.1, -0.05) is 73.5 Å². The van der Waals surface area contributed by atoms with E-state index in [1.54, 1.807) is 6.07 Å². The van der Waals surface area contributed by atoms with Gasteiger partial charge in [0.1, 0.15) is 0 Å². The van der Waals surface area contributed by atoms with E-state index >= 15 is 0 Å². The zero-order valence-electron chi connectivity index (χ0n) is 11.0. The van der Waals surface area contributed by atoms with Gasteiger partial charge < -0.3 is 10.2 Å². The van der Waals surface area contributed by atoms with Crippen molar-refractivity contribution in [2.45, 2.75) is 56.7 Å². The van der Waals surface area contributed by atoms with Crippen LogP contribution in [-0.4, -0.2) is 10.2 Å². The fourth-order valence-electron chi connectivity index (χ4n) is 2.06. The van der Waals surface area contributed by atoms with Crippen molar-refractivity contribution < 1.29 is 10.2 Å². The van der Waals surface area contributed by atoms with Gasteiger partial charge in [-0.25, -0.2) is 0 Å². The SMILES string of the molecule is CCCCCCCCC(Br)c1cccc(O)c1O. The molecule has 0 aliphatic heterocycles. The summed E-state index contributed by atoms with van der Waals surface area (Å²) in [4.78, 5) is 0.121. The third-order valence-electron chi connectivity index (χ3n) is 3.19. The lowest BCUT2D eigenvalue weighted by Crippen LogP contribution is -1.91. The van der Waals surface area contributed by atoms with Crippen molar-refractivity contribution >= 4 is 15.9 Å². The summed E-state index contributed by atoms with van der Waals surface area (Å²) in [6, 6.07) is 5.12. The molecule has 0 saturated carbocycles. The molecular formula is C15H23BrO2. The standard InChI is InChI=1S/C15H23BrO2/c1-2-3-4-5-6-7-10-13(16)12-9-8-11-14(17)15(12)18/h8-9,11,13,17-18H,2-7,10H2,1H3. The Labute approximate surface area is 118 Å². The van der Waals surface area contributed by atoms with Crippen LogP contribution in [0.15, 0.2) is 18.2 Å². The van der Waals surface area contributed by atoms with Crippen LogP contribution in [0.25, 0.3) is 0 Å². The topological polar surface area (TPSA) is 40.5 Å². The molecule has 102 valence electrons. The largest absolute Gasteiger partial charge is 0.504 e. The molecule has 3 heteroatoms. The molecule has 1 atom stereocenters. The van der Waals surface area contributed by atoms with E-state index in [-0.39, 0.29) is 16.3 Å². The Bertz CT molecular complexity index is 352. The van der Waals surface area contributed by atoms with Crippen LogP contribution in [-0.2, 0) is 0 Å². The maximum atomic E-state index is 9.76. The molecule has 0 aliphatic carbocycles. The Morgan fingerprint density at radius 2 is 1.72 bits per heavy atom. The summed E-state index contributed by atoms with van der Waals surface area (Å²) in [5.74, 6) is -0.0368. The van der Waals surface area contributed by atoms with Crippen LogP contribution in [0.3, 0.4) is 0 Å². The van der Waals surface area contributed by atoms with Crippen LogP contribution in [0.5, 0.6) is 11.5 Å². The quantitative estimate of drug-likeness (QED) is 0.389. The first-order valence-electron chi connectivity index (χ1n) is 6.81. The van der Waals surface area contributed by atoms with Crippen molar-refractivity contribution in [3.05, 3.63) is 23.8 Å². The van der Waals surface area contributed by atoms with Crippen LogP contribution < -0.4 is 0 Å². The number of unbranched alkanes of at least 4 members (excludes halogenated alkanes) is 5. The Morgan fingerprint density at radius 3 is 2.44 bits per heavy atom. The van der Waals surface area contributed by atoms with Gasteiger partial charge in [0.2, 0.25) is 0 Å². The summed E-state index contributed by atoms with van der Waals surface area (Å²) >= 11 is 3.58. The third-order valence-corrected chi connectivity index (χ3v) is 4.15. The number of hydrogen-bond acceptors (Lipinski definition) is 2. The molecule has 0 aliphatic rings. The first kappa shape index (κ1) is 15.4. The second kappa shape index (κ2) is 8.41. The molecule has 1 rings (SSSR count). The molecule has 0 bridgehead atoms. The molecule has 0 radical (unpaired) electrons. The van der Waals surface area contributed by atoms with Crippen molar-refractivity contribution in [1.82, 2.24) is 0 Å². The lowest BCUT2D eigenvalue weighted by atomic mass is 10.0. The zero-order valence-corrected chi connectivity index (χ0v) is 12.6. The summed E-state index contributed by atoms with van der Waals surface area (Å²) in [6.45, 7) is 2.22. The predicted molar refractivity (Wildman–Crippen MR) is 79.4 cm³/mol. The molecule has 2 nitrogen and oxygen atoms in total. The fourth-order valence-corrected chi connectivity index (χ4v) is 2.75. The maximum absolute atomic E-state index is 9.76. The first-order chi connectivity index (χ1) is 8.66. The van der Waals surface area contributed by atoms with Crippen LogP contribution in [0.2, 0.25) is 0 Å². The first-order valence-corrected chi connectivity index (χ1v) is 7.73. The lowest BCUT2D eigenvalue weighted by Gasteiger charge is -2.12. The molecular weight excluding hydrogens is 292 g/mol. The van der Waals surface area contributed by atoms with E-state index in [4.69, 9.17) is 0 Å². The Balaban J connectivity index is 2.32. The Kier molecular flexibility index (Phi) is 7.18. The highest BCUT2D eigenvalue weighted by molar-refractivity contribution is 9.09. The minimum Gasteiger partial charge on any atom is -0.504 e. The smallest absolute Gasteiger partial charge is 0.161 e. The zero-order chi connectivity index (χ0) is 13.4. The molecule has 0 spiro atoms. The van der Waals surface area contributed by atoms with Crippen LogP contribution in [0.4, 0.5) is 0 Å². The normalized spacial score (nSPS) is 12.6. The number of hydrogen-bond donors (Lipinski definition) is 2. The highest BCUT2D eigenvalue weighted by atomic mass is 79.9. The van der Waals surface area contributed by atoms with Gasteiger partial charge in [0.05, 0.1) is 0 Å². The van der Waals surface area contributed by atoms with Gasteiger partial charge in [-0.2, -0.15) is 0 Å². The molecule has 1 aromatic rings. The maximum Gasteiger partial charge on any atom is 0.161 e. The fraction of sp³-hybridized carbons (Fsp3) is 0.600. The van der Waals surface area contributed by atoms with E-state index in [0.717, 1.165) is 18.4 Å². The van der Waals surface area contributed by atoms with Crippen molar-refractivity contribution in [2.24, 2.45) is 0 Å². The summed E-state index contributed by atoms with van der Waals surface area (Å²) < 4.78 is 0. The van der Waals surface area contributed by atoms with Crippen LogP contribution in [0, 0.1) is 0 Å². The number of rotatable bonds is 8. The van der Waals surface area contributed by atoms with Crippen LogP contribution in [0.1, 0.15) is 62.3 Å². The molecule has 0 saturated heterocycles. The molecule has 1 unspecified atom stereocenters. The van der Waals surface area contributed by atoms with E-state index < -0.39 is 0 Å². The van der Waals surface area contributed by atoms with Gasteiger partial charge >= 0.3 is 0 Å². The van der Waals surface area contributed by atoms with Crippen molar-refractivity contribution in [3.8, 4) is 11.5 Å². The summed E-state index contributed by atoms with van der Waals surface area (Å²) in [7, 11) is 0. The number of phenols is 2. The molecule has 0 heterocycles. The lowest BCUT2D eigenvalue weighted by molar-refractivity contribution is 0.398. The van der Waals surface area contributed by atoms with Crippen molar-refractivity contribution in [2.75, 3.05) is 0 Å². The molecule has 0 amide bonds. The molecule has 1 aromatic carbocycles. The van der Waals surface area contributed by atoms with E-state index in [9.17, 15) is 10.2 Å². The van der Waals surface area contributed by atoms with Gasteiger partial charge in [-0.05, 0) is 12.5 Å². The van der Waals surface area contributed by atoms with E-state index in [2.05, 4.69) is 22.9 Å². The number of alkyl halides is 1. The van der Waals surface area contributed by atoms with E-state index in [1.165, 1.54) is 38.2 Å². The monoisotopic (exact) mass is 314 g/mol. The molecule has 0 fully saturated rings. The molecule has 18 heavy (non-hydrogen) atoms. The summed E-state index contributed by atoms with van der Waals surface area (Å²) in [6.07, 6.45) is 8.59. The number of para-hydroxylation sites is 1. The number of phenolic OH excluding ortho intramolecular Hbond substituents is 2. The summed E-state index contributed by atoms with van der Waals surface area (Å²) in [5, 5.41) is 19.2. The predicted octanol–water partition coefficient (Wildman–Crippen LogP) is 5.28. The second-order valence-electron chi connectivity index (χ2n) is 4.74. The highest BCUT2D eigenvalue weighted by Gasteiger charge is 2.13. The summed E-state index contributed by atoms with van der Waals surface area (Å²) in [5.41, 5.74) is 0.781. The van der Waals surface area contributed by atoms with Crippen molar-refractivity contribution in [1.29, 1.82) is 0 Å². The minimum absolute atomic E-state index is 0.00496. The minimum atomic E-state index is -0.0418. The van der Waals surface area contributed by atoms with Gasteiger partial charge in [-0.15, -0.1) is 0 Å². The van der Waals surface area contributed by atoms with Gasteiger partial charge in [0.25, 0.3) is 0 Å². The second-order valence-corrected chi connectivity index (χ2v) is 5.84. The number of benzene rings is 1. The Hall–Kier alpha value is -0.700. The third kappa shape index (κ3) is 4.89. The van der Waals surface area contributed by atoms with Crippen LogP contribution >= 0.6 is 15.9 Å². The molecule has 2 N–H and O–H groups in total. The number of halogens is 1.